The lowest BCUT2D eigenvalue weighted by Gasteiger charge is -2.24. The lowest BCUT2D eigenvalue weighted by atomic mass is 10.1. The van der Waals surface area contributed by atoms with Crippen molar-refractivity contribution in [1.29, 1.82) is 0 Å². The van der Waals surface area contributed by atoms with Gasteiger partial charge in [-0.2, -0.15) is 0 Å². The number of benzene rings is 2. The highest BCUT2D eigenvalue weighted by Crippen LogP contribution is 2.32. The number of hydrogen-bond donors (Lipinski definition) is 3. The molecule has 0 amide bonds. The van der Waals surface area contributed by atoms with Gasteiger partial charge in [0, 0.05) is 17.1 Å². The Bertz CT molecular complexity index is 1230. The van der Waals surface area contributed by atoms with E-state index in [0.717, 1.165) is 25.9 Å². The van der Waals surface area contributed by atoms with Gasteiger partial charge >= 0.3 is 0 Å². The van der Waals surface area contributed by atoms with Crippen molar-refractivity contribution >= 4 is 22.6 Å². The Kier molecular flexibility index (Phi) is 7.07. The maximum absolute atomic E-state index is 13.4. The molecule has 3 aromatic rings. The molecule has 0 saturated carbocycles. The van der Waals surface area contributed by atoms with Gasteiger partial charge < -0.3 is 21.5 Å². The van der Waals surface area contributed by atoms with Crippen molar-refractivity contribution in [3.8, 4) is 5.75 Å². The van der Waals surface area contributed by atoms with Gasteiger partial charge in [-0.05, 0) is 68.8 Å². The molecule has 4 rings (SSSR count). The van der Waals surface area contributed by atoms with Crippen molar-refractivity contribution in [3.63, 3.8) is 0 Å². The molecule has 2 aromatic carbocycles. The number of fused-ring (bicyclic) bond motifs is 1. The number of nitroso groups, excluding NO2 is 1. The zero-order valence-corrected chi connectivity index (χ0v) is 18.7. The number of nitrogens with zero attached hydrogens (tertiary/aromatic N) is 4. The molecule has 5 N–H and O–H groups in total. The van der Waals surface area contributed by atoms with Gasteiger partial charge in [-0.25, -0.2) is 19.4 Å². The second kappa shape index (κ2) is 10.3. The normalized spacial score (nSPS) is 16.4. The molecular weight excluding hydrogens is 437 g/mol. The van der Waals surface area contributed by atoms with Gasteiger partial charge in [-0.15, -0.1) is 4.91 Å². The van der Waals surface area contributed by atoms with Gasteiger partial charge in [0.25, 0.3) is 0 Å². The van der Waals surface area contributed by atoms with Crippen LogP contribution < -0.4 is 21.5 Å². The number of nitrogens with one attached hydrogen (secondary N) is 1. The Morgan fingerprint density at radius 3 is 2.59 bits per heavy atom. The van der Waals surface area contributed by atoms with Crippen LogP contribution in [0, 0.1) is 10.7 Å². The average Bonchev–Trinajstić information content (AvgIpc) is 2.81. The topological polar surface area (TPSA) is 141 Å². The van der Waals surface area contributed by atoms with Gasteiger partial charge in [0.1, 0.15) is 23.5 Å². The summed E-state index contributed by atoms with van der Waals surface area (Å²) >= 11 is 0. The maximum atomic E-state index is 13.4. The van der Waals surface area contributed by atoms with Crippen LogP contribution in [0.25, 0.3) is 10.9 Å². The van der Waals surface area contributed by atoms with E-state index in [9.17, 15) is 9.30 Å². The van der Waals surface area contributed by atoms with Crippen molar-refractivity contribution in [1.82, 2.24) is 15.3 Å². The largest absolute Gasteiger partial charge is 0.490 e. The number of halogens is 1. The Balaban J connectivity index is 1.81. The molecule has 34 heavy (non-hydrogen) atoms. The number of nitrogens with two attached hydrogens (primary N) is 2. The first-order chi connectivity index (χ1) is 16.4. The molecule has 1 aliphatic rings. The van der Waals surface area contributed by atoms with Crippen molar-refractivity contribution in [3.05, 3.63) is 76.3 Å². The van der Waals surface area contributed by atoms with Gasteiger partial charge in [-0.3, -0.25) is 0 Å². The Hall–Kier alpha value is -3.92. The average molecular weight is 464 g/mol. The van der Waals surface area contributed by atoms with Crippen molar-refractivity contribution in [2.45, 2.75) is 31.9 Å². The fourth-order valence-corrected chi connectivity index (χ4v) is 3.79. The van der Waals surface area contributed by atoms with E-state index in [1.54, 1.807) is 13.0 Å². The van der Waals surface area contributed by atoms with E-state index in [1.165, 1.54) is 30.3 Å². The zero-order chi connectivity index (χ0) is 24.1. The number of piperidine rings is 1. The Labute approximate surface area is 196 Å². The van der Waals surface area contributed by atoms with Crippen LogP contribution in [0.4, 0.5) is 10.2 Å². The van der Waals surface area contributed by atoms with Crippen LogP contribution in [0.1, 0.15) is 37.2 Å². The molecular formula is C24H26FN7O2. The Morgan fingerprint density at radius 2 is 1.91 bits per heavy atom. The van der Waals surface area contributed by atoms with Crippen LogP contribution in [0.5, 0.6) is 5.75 Å². The summed E-state index contributed by atoms with van der Waals surface area (Å²) < 4.78 is 19.6. The van der Waals surface area contributed by atoms with Crippen LogP contribution in [-0.4, -0.2) is 35.0 Å². The number of ether oxygens (including phenoxy) is 1. The van der Waals surface area contributed by atoms with Gasteiger partial charge in [-0.1, -0.05) is 17.3 Å². The molecule has 2 heterocycles. The highest BCUT2D eigenvalue weighted by atomic mass is 19.1. The Morgan fingerprint density at radius 1 is 1.18 bits per heavy atom. The predicted molar refractivity (Wildman–Crippen MR) is 129 cm³/mol. The van der Waals surface area contributed by atoms with E-state index >= 15 is 0 Å². The molecule has 1 unspecified atom stereocenters. The summed E-state index contributed by atoms with van der Waals surface area (Å²) in [6.45, 7) is 3.50. The molecule has 9 nitrogen and oxygen atoms in total. The summed E-state index contributed by atoms with van der Waals surface area (Å²) in [5, 5.41) is 7.13. The highest BCUT2D eigenvalue weighted by Gasteiger charge is 2.21. The molecule has 10 heteroatoms. The van der Waals surface area contributed by atoms with E-state index in [0.29, 0.717) is 27.9 Å². The molecule has 0 bridgehead atoms. The van der Waals surface area contributed by atoms with Crippen molar-refractivity contribution < 1.29 is 9.13 Å². The van der Waals surface area contributed by atoms with Gasteiger partial charge in [0.2, 0.25) is 0 Å². The third-order valence-corrected chi connectivity index (χ3v) is 5.40. The molecule has 0 radical (unpaired) electrons. The number of hydrogen-bond acceptors (Lipinski definition) is 8. The lowest BCUT2D eigenvalue weighted by Crippen LogP contribution is -2.34. The summed E-state index contributed by atoms with van der Waals surface area (Å²) in [6, 6.07) is 9.84. The molecule has 176 valence electrons. The number of aromatic nitrogens is 2. The van der Waals surface area contributed by atoms with E-state index < -0.39 is 11.9 Å². The third kappa shape index (κ3) is 5.52. The van der Waals surface area contributed by atoms with E-state index in [4.69, 9.17) is 16.2 Å². The van der Waals surface area contributed by atoms with Crippen LogP contribution in [0.3, 0.4) is 0 Å². The van der Waals surface area contributed by atoms with Crippen LogP contribution in [0.15, 0.2) is 64.4 Å². The zero-order valence-electron chi connectivity index (χ0n) is 18.7. The third-order valence-electron chi connectivity index (χ3n) is 5.40. The monoisotopic (exact) mass is 463 g/mol. The predicted octanol–water partition coefficient (Wildman–Crippen LogP) is 3.61. The van der Waals surface area contributed by atoms with Crippen LogP contribution >= 0.6 is 0 Å². The minimum absolute atomic E-state index is 0.106. The van der Waals surface area contributed by atoms with Gasteiger partial charge in [0.05, 0.1) is 5.52 Å². The number of aliphatic imine (C=N–C) groups is 1. The van der Waals surface area contributed by atoms with Crippen molar-refractivity contribution in [2.24, 2.45) is 21.6 Å². The summed E-state index contributed by atoms with van der Waals surface area (Å²) in [6.07, 6.45) is 3.43. The van der Waals surface area contributed by atoms with E-state index in [2.05, 4.69) is 25.5 Å². The van der Waals surface area contributed by atoms with E-state index in [1.807, 2.05) is 12.1 Å². The summed E-state index contributed by atoms with van der Waals surface area (Å²) in [4.78, 5) is 25.3. The molecule has 1 saturated heterocycles. The highest BCUT2D eigenvalue weighted by molar-refractivity contribution is 5.97. The number of rotatable bonds is 7. The fourth-order valence-electron chi connectivity index (χ4n) is 3.79. The van der Waals surface area contributed by atoms with Crippen molar-refractivity contribution in [2.75, 3.05) is 13.1 Å². The summed E-state index contributed by atoms with van der Waals surface area (Å²) in [5.74, 6) is 0.766. The fraction of sp³-hybridized carbons (Fsp3) is 0.292. The lowest BCUT2D eigenvalue weighted by molar-refractivity contribution is 0.162. The first kappa shape index (κ1) is 23.2. The molecule has 1 aromatic heterocycles. The number of allylic oxidation sites excluding steroid dienone is 1. The number of amidine groups is 1. The molecule has 1 fully saturated rings. The first-order valence-electron chi connectivity index (χ1n) is 11.0. The first-order valence-corrected chi connectivity index (χ1v) is 11.0. The minimum atomic E-state index is -1.05. The van der Waals surface area contributed by atoms with Crippen LogP contribution in [0.2, 0.25) is 0 Å². The SMILES string of the molecule is C/C(N)=C/C(N)=Nc1nc(C(N=O)c2ccc(F)cc2)nc2cc(OC3CCNCC3)ccc12. The summed E-state index contributed by atoms with van der Waals surface area (Å²) in [7, 11) is 0. The maximum Gasteiger partial charge on any atom is 0.176 e. The van der Waals surface area contributed by atoms with Crippen LogP contribution in [-0.2, 0) is 0 Å². The minimum Gasteiger partial charge on any atom is -0.490 e. The molecule has 1 atom stereocenters. The second-order valence-electron chi connectivity index (χ2n) is 8.14. The van der Waals surface area contributed by atoms with Gasteiger partial charge in [0.15, 0.2) is 17.7 Å². The second-order valence-corrected chi connectivity index (χ2v) is 8.14. The quantitative estimate of drug-likeness (QED) is 0.276. The molecule has 1 aliphatic heterocycles. The van der Waals surface area contributed by atoms with E-state index in [-0.39, 0.29) is 23.6 Å². The summed E-state index contributed by atoms with van der Waals surface area (Å²) in [5.41, 5.74) is 13.2. The standard InChI is InChI=1S/C24H26FN7O2/c1-14(26)12-21(27)30-23-19-7-6-18(34-17-8-10-28-11-9-17)13-20(19)29-24(31-23)22(32-33)15-2-4-16(25)5-3-15/h2-7,12-13,17,22,28H,8-11,26H2,1H3,(H2,27,29,30,31)/b14-12-. The smallest absolute Gasteiger partial charge is 0.176 e. The molecule has 0 aliphatic carbocycles. The molecule has 0 spiro atoms.